The van der Waals surface area contributed by atoms with Gasteiger partial charge in [0.25, 0.3) is 5.52 Å². The first-order chi connectivity index (χ1) is 13.4. The zero-order valence-electron chi connectivity index (χ0n) is 15.2. The number of para-hydroxylation sites is 2. The van der Waals surface area contributed by atoms with Gasteiger partial charge in [0.2, 0.25) is 5.78 Å². The molecule has 0 spiro atoms. The van der Waals surface area contributed by atoms with E-state index in [0.29, 0.717) is 16.6 Å². The molecular formula is C20H19N2O6+. The van der Waals surface area contributed by atoms with Crippen molar-refractivity contribution in [3.63, 3.8) is 0 Å². The zero-order chi connectivity index (χ0) is 20.3. The molecule has 0 atom stereocenters. The van der Waals surface area contributed by atoms with Crippen LogP contribution in [0.4, 0.5) is 0 Å². The standard InChI is InChI=1S/C20H18N2O6/c1-13(23)20-18(21(26)16-4-2-3-5-17(16)22(20)27)12-28-15-9-6-14(7-10-15)8-11-19(24)25/h2-7,9-10,26H,8,11-12H2,1H3/p+1. The first-order valence-corrected chi connectivity index (χ1v) is 8.61. The smallest absolute Gasteiger partial charge is 0.332 e. The fourth-order valence-corrected chi connectivity index (χ4v) is 2.93. The molecule has 8 heteroatoms. The van der Waals surface area contributed by atoms with E-state index in [0.717, 1.165) is 10.3 Å². The number of Topliss-reactive ketones (excluding diaryl/α,β-unsaturated/α-hetero) is 1. The van der Waals surface area contributed by atoms with Gasteiger partial charge in [-0.25, -0.2) is 0 Å². The summed E-state index contributed by atoms with van der Waals surface area (Å²) in [5.41, 5.74) is 1.11. The van der Waals surface area contributed by atoms with E-state index in [9.17, 15) is 19.7 Å². The molecule has 0 saturated carbocycles. The van der Waals surface area contributed by atoms with Gasteiger partial charge in [0.1, 0.15) is 12.4 Å². The second kappa shape index (κ2) is 7.91. The fourth-order valence-electron chi connectivity index (χ4n) is 2.93. The Morgan fingerprint density at radius 3 is 2.43 bits per heavy atom. The molecule has 0 aliphatic rings. The molecule has 3 rings (SSSR count). The second-order valence-electron chi connectivity index (χ2n) is 6.27. The van der Waals surface area contributed by atoms with Crippen LogP contribution in [-0.4, -0.2) is 26.8 Å². The van der Waals surface area contributed by atoms with Gasteiger partial charge in [-0.1, -0.05) is 24.3 Å². The summed E-state index contributed by atoms with van der Waals surface area (Å²) < 4.78 is 6.94. The Labute approximate surface area is 159 Å². The molecule has 0 aliphatic carbocycles. The summed E-state index contributed by atoms with van der Waals surface area (Å²) in [6.07, 6.45) is 0.439. The van der Waals surface area contributed by atoms with E-state index >= 15 is 0 Å². The number of hydrogen-bond donors (Lipinski definition) is 2. The molecule has 0 radical (unpaired) electrons. The molecule has 28 heavy (non-hydrogen) atoms. The predicted octanol–water partition coefficient (Wildman–Crippen LogP) is 2.59. The van der Waals surface area contributed by atoms with Crippen LogP contribution in [0, 0.1) is 4.91 Å². The van der Waals surface area contributed by atoms with Crippen LogP contribution in [0.2, 0.25) is 0 Å². The number of rotatable bonds is 7. The number of aryl methyl sites for hydroxylation is 1. The number of carbonyl (C=O) groups excluding carboxylic acids is 1. The van der Waals surface area contributed by atoms with Crippen LogP contribution in [-0.2, 0) is 17.8 Å². The minimum atomic E-state index is -0.869. The summed E-state index contributed by atoms with van der Waals surface area (Å²) in [5, 5.41) is 19.3. The summed E-state index contributed by atoms with van der Waals surface area (Å²) >= 11 is 0. The molecular weight excluding hydrogens is 364 g/mol. The second-order valence-corrected chi connectivity index (χ2v) is 6.27. The van der Waals surface area contributed by atoms with E-state index in [2.05, 4.69) is 0 Å². The highest BCUT2D eigenvalue weighted by atomic mass is 16.5. The molecule has 2 aromatic carbocycles. The quantitative estimate of drug-likeness (QED) is 0.368. The Morgan fingerprint density at radius 1 is 1.11 bits per heavy atom. The molecule has 0 fully saturated rings. The number of aromatic nitrogens is 2. The predicted molar refractivity (Wildman–Crippen MR) is 99.2 cm³/mol. The van der Waals surface area contributed by atoms with Crippen LogP contribution in [0.5, 0.6) is 5.75 Å². The number of carboxylic acid groups (broad SMARTS) is 1. The molecule has 0 unspecified atom stereocenters. The Balaban J connectivity index is 1.89. The van der Waals surface area contributed by atoms with Crippen LogP contribution >= 0.6 is 0 Å². The molecule has 144 valence electrons. The largest absolute Gasteiger partial charge is 0.487 e. The summed E-state index contributed by atoms with van der Waals surface area (Å²) in [5.74, 6) is -0.905. The van der Waals surface area contributed by atoms with E-state index in [1.807, 2.05) is 0 Å². The van der Waals surface area contributed by atoms with Gasteiger partial charge in [-0.15, -0.1) is 0 Å². The third-order valence-electron chi connectivity index (χ3n) is 4.32. The topological polar surface area (TPSA) is 112 Å². The van der Waals surface area contributed by atoms with E-state index in [1.54, 1.807) is 42.5 Å². The van der Waals surface area contributed by atoms with Crippen molar-refractivity contribution in [2.75, 3.05) is 0 Å². The van der Waals surface area contributed by atoms with Crippen LogP contribution in [0.15, 0.2) is 48.5 Å². The number of benzene rings is 2. The van der Waals surface area contributed by atoms with E-state index in [1.165, 1.54) is 13.0 Å². The molecule has 0 bridgehead atoms. The highest BCUT2D eigenvalue weighted by molar-refractivity contribution is 5.92. The lowest BCUT2D eigenvalue weighted by atomic mass is 10.1. The molecule has 1 aromatic heterocycles. The number of ketones is 1. The first-order valence-electron chi connectivity index (χ1n) is 8.61. The van der Waals surface area contributed by atoms with Crippen molar-refractivity contribution in [1.82, 2.24) is 4.73 Å². The SMILES string of the molecule is CC(=O)c1c(COc2ccc(CCC(=O)O)cc2)n(O)c2ccccc2[n+]1=O. The number of carbonyl (C=O) groups is 2. The summed E-state index contributed by atoms with van der Waals surface area (Å²) in [6.45, 7) is 1.05. The number of nitrogens with zero attached hydrogens (tertiary/aromatic N) is 2. The van der Waals surface area contributed by atoms with E-state index in [-0.39, 0.29) is 35.4 Å². The molecule has 0 saturated heterocycles. The van der Waals surface area contributed by atoms with E-state index in [4.69, 9.17) is 9.84 Å². The highest BCUT2D eigenvalue weighted by Crippen LogP contribution is 2.18. The van der Waals surface area contributed by atoms with Gasteiger partial charge in [0, 0.05) is 24.3 Å². The van der Waals surface area contributed by atoms with Crippen molar-refractivity contribution >= 4 is 22.8 Å². The van der Waals surface area contributed by atoms with Gasteiger partial charge in [0.05, 0.1) is 4.43 Å². The van der Waals surface area contributed by atoms with Crippen LogP contribution in [0.1, 0.15) is 35.1 Å². The summed E-state index contributed by atoms with van der Waals surface area (Å²) in [7, 11) is 0. The van der Waals surface area contributed by atoms with Crippen molar-refractivity contribution in [2.24, 2.45) is 0 Å². The highest BCUT2D eigenvalue weighted by Gasteiger charge is 2.28. The average molecular weight is 383 g/mol. The van der Waals surface area contributed by atoms with Crippen molar-refractivity contribution in [3.8, 4) is 5.75 Å². The zero-order valence-corrected chi connectivity index (χ0v) is 15.2. The molecule has 0 amide bonds. The van der Waals surface area contributed by atoms with Gasteiger partial charge in [-0.05, 0) is 30.2 Å². The third-order valence-corrected chi connectivity index (χ3v) is 4.32. The van der Waals surface area contributed by atoms with Gasteiger partial charge in [-0.3, -0.25) is 9.59 Å². The average Bonchev–Trinajstić information content (AvgIpc) is 2.68. The molecule has 1 heterocycles. The Hall–Kier alpha value is -3.68. The monoisotopic (exact) mass is 383 g/mol. The van der Waals surface area contributed by atoms with Gasteiger partial charge >= 0.3 is 11.7 Å². The van der Waals surface area contributed by atoms with Crippen LogP contribution in [0.3, 0.4) is 0 Å². The lowest BCUT2D eigenvalue weighted by molar-refractivity contribution is -0.469. The fraction of sp³-hybridized carbons (Fsp3) is 0.200. The third kappa shape index (κ3) is 3.85. The number of ether oxygens (including phenoxy) is 1. The first kappa shape index (κ1) is 19.1. The van der Waals surface area contributed by atoms with Crippen LogP contribution in [0.25, 0.3) is 11.0 Å². The molecule has 8 nitrogen and oxygen atoms in total. The van der Waals surface area contributed by atoms with Crippen LogP contribution < -0.4 is 9.16 Å². The summed E-state index contributed by atoms with van der Waals surface area (Å²) in [6, 6.07) is 13.2. The maximum Gasteiger partial charge on any atom is 0.332 e. The molecule has 0 aliphatic heterocycles. The van der Waals surface area contributed by atoms with Gasteiger partial charge < -0.3 is 15.1 Å². The van der Waals surface area contributed by atoms with Crippen molar-refractivity contribution in [1.29, 1.82) is 0 Å². The minimum Gasteiger partial charge on any atom is -0.487 e. The van der Waals surface area contributed by atoms with E-state index < -0.39 is 11.8 Å². The van der Waals surface area contributed by atoms with Gasteiger partial charge in [0.15, 0.2) is 11.2 Å². The molecule has 2 N–H and O–H groups in total. The Kier molecular flexibility index (Phi) is 5.39. The van der Waals surface area contributed by atoms with Gasteiger partial charge in [-0.2, -0.15) is 4.73 Å². The Bertz CT molecular complexity index is 1100. The molecule has 3 aromatic rings. The number of hydrogen-bond acceptors (Lipinski definition) is 5. The maximum absolute atomic E-state index is 12.6. The summed E-state index contributed by atoms with van der Waals surface area (Å²) in [4.78, 5) is 35.2. The van der Waals surface area contributed by atoms with Crippen molar-refractivity contribution in [3.05, 3.63) is 70.4 Å². The maximum atomic E-state index is 12.6. The lowest BCUT2D eigenvalue weighted by Crippen LogP contribution is -2.31. The number of fused-ring (bicyclic) bond motifs is 1. The Morgan fingerprint density at radius 2 is 1.79 bits per heavy atom. The normalized spacial score (nSPS) is 10.8. The number of carboxylic acids is 1. The van der Waals surface area contributed by atoms with Crippen molar-refractivity contribution in [2.45, 2.75) is 26.4 Å². The lowest BCUT2D eigenvalue weighted by Gasteiger charge is -2.11. The number of aliphatic carboxylic acids is 1. The minimum absolute atomic E-state index is 0.0350. The van der Waals surface area contributed by atoms with Crippen molar-refractivity contribution < 1.29 is 29.1 Å².